The lowest BCUT2D eigenvalue weighted by Gasteiger charge is -2.13. The van der Waals surface area contributed by atoms with Crippen molar-refractivity contribution in [3.63, 3.8) is 0 Å². The van der Waals surface area contributed by atoms with Gasteiger partial charge in [-0.05, 0) is 37.1 Å². The van der Waals surface area contributed by atoms with Gasteiger partial charge in [-0.15, -0.1) is 0 Å². The molecule has 0 bridgehead atoms. The van der Waals surface area contributed by atoms with Crippen molar-refractivity contribution in [1.82, 2.24) is 19.7 Å². The number of carbonyl (C=O) groups excluding carboxylic acids is 1. The lowest BCUT2D eigenvalue weighted by Crippen LogP contribution is -2.23. The highest BCUT2D eigenvalue weighted by Gasteiger charge is 2.31. The zero-order valence-corrected chi connectivity index (χ0v) is 13.9. The summed E-state index contributed by atoms with van der Waals surface area (Å²) in [5, 5.41) is 7.07. The van der Waals surface area contributed by atoms with Crippen molar-refractivity contribution in [3.8, 4) is 11.6 Å². The number of benzene rings is 1. The molecule has 1 aliphatic rings. The maximum absolute atomic E-state index is 12.8. The third-order valence-electron chi connectivity index (χ3n) is 4.39. The van der Waals surface area contributed by atoms with Gasteiger partial charge in [0, 0.05) is 18.0 Å². The molecule has 1 aliphatic heterocycles. The number of rotatable bonds is 3. The molecule has 25 heavy (non-hydrogen) atoms. The summed E-state index contributed by atoms with van der Waals surface area (Å²) in [5.74, 6) is 0.789. The van der Waals surface area contributed by atoms with Crippen molar-refractivity contribution in [2.75, 3.05) is 11.9 Å². The quantitative estimate of drug-likeness (QED) is 0.795. The first-order valence-electron chi connectivity index (χ1n) is 7.98. The number of nitrogens with one attached hydrogen (secondary N) is 1. The van der Waals surface area contributed by atoms with Crippen molar-refractivity contribution in [2.24, 2.45) is 0 Å². The summed E-state index contributed by atoms with van der Waals surface area (Å²) in [6.07, 6.45) is 6.41. The van der Waals surface area contributed by atoms with Crippen LogP contribution in [0.2, 0.25) is 0 Å². The predicted molar refractivity (Wildman–Crippen MR) is 91.9 cm³/mol. The molecule has 0 spiro atoms. The number of hydrogen-bond acceptors (Lipinski definition) is 5. The van der Waals surface area contributed by atoms with Gasteiger partial charge in [-0.2, -0.15) is 5.10 Å². The number of aryl methyl sites for hydroxylation is 2. The highest BCUT2D eigenvalue weighted by molar-refractivity contribution is 5.98. The Balaban J connectivity index is 1.62. The Morgan fingerprint density at radius 2 is 2.16 bits per heavy atom. The Morgan fingerprint density at radius 1 is 1.32 bits per heavy atom. The average molecular weight is 335 g/mol. The van der Waals surface area contributed by atoms with Crippen LogP contribution >= 0.6 is 0 Å². The van der Waals surface area contributed by atoms with E-state index in [-0.39, 0.29) is 11.8 Å². The largest absolute Gasteiger partial charge is 0.492 e. The summed E-state index contributed by atoms with van der Waals surface area (Å²) in [4.78, 5) is 21.0. The van der Waals surface area contributed by atoms with Crippen LogP contribution in [0, 0.1) is 13.8 Å². The number of amides is 1. The lowest BCUT2D eigenvalue weighted by molar-refractivity contribution is -0.117. The summed E-state index contributed by atoms with van der Waals surface area (Å²) in [5.41, 5.74) is 3.71. The second kappa shape index (κ2) is 6.01. The van der Waals surface area contributed by atoms with Crippen LogP contribution in [0.25, 0.3) is 5.82 Å². The maximum atomic E-state index is 12.8. The van der Waals surface area contributed by atoms with Crippen molar-refractivity contribution >= 4 is 11.6 Å². The van der Waals surface area contributed by atoms with Crippen LogP contribution < -0.4 is 10.1 Å². The Kier molecular flexibility index (Phi) is 3.68. The van der Waals surface area contributed by atoms with Gasteiger partial charge in [0.15, 0.2) is 5.82 Å². The van der Waals surface area contributed by atoms with Crippen LogP contribution in [0.4, 0.5) is 5.69 Å². The van der Waals surface area contributed by atoms with Crippen LogP contribution in [0.5, 0.6) is 5.75 Å². The van der Waals surface area contributed by atoms with Gasteiger partial charge in [-0.3, -0.25) is 4.79 Å². The molecule has 3 aromatic rings. The minimum absolute atomic E-state index is 0.148. The van der Waals surface area contributed by atoms with Crippen LogP contribution in [-0.4, -0.2) is 32.3 Å². The highest BCUT2D eigenvalue weighted by atomic mass is 16.5. The monoisotopic (exact) mass is 335 g/mol. The molecule has 1 aromatic carbocycles. The number of nitrogens with zero attached hydrogens (tertiary/aromatic N) is 4. The minimum Gasteiger partial charge on any atom is -0.492 e. The van der Waals surface area contributed by atoms with Gasteiger partial charge in [0.05, 0.1) is 6.20 Å². The van der Waals surface area contributed by atoms with Crippen LogP contribution in [0.15, 0.2) is 43.1 Å². The Bertz CT molecular complexity index is 937. The predicted octanol–water partition coefficient (Wildman–Crippen LogP) is 2.39. The Hall–Kier alpha value is -3.22. The van der Waals surface area contributed by atoms with E-state index < -0.39 is 0 Å². The maximum Gasteiger partial charge on any atom is 0.235 e. The molecule has 0 fully saturated rings. The zero-order chi connectivity index (χ0) is 17.4. The lowest BCUT2D eigenvalue weighted by atomic mass is 9.96. The van der Waals surface area contributed by atoms with Gasteiger partial charge in [0.1, 0.15) is 30.3 Å². The molecular weight excluding hydrogens is 318 g/mol. The average Bonchev–Trinajstić information content (AvgIpc) is 3.26. The molecule has 0 saturated heterocycles. The minimum atomic E-state index is -0.361. The van der Waals surface area contributed by atoms with E-state index in [4.69, 9.17) is 4.74 Å². The van der Waals surface area contributed by atoms with Crippen molar-refractivity contribution in [3.05, 3.63) is 59.8 Å². The third-order valence-corrected chi connectivity index (χ3v) is 4.39. The number of fused-ring (bicyclic) bond motifs is 1. The molecule has 1 amide bonds. The molecule has 1 atom stereocenters. The summed E-state index contributed by atoms with van der Waals surface area (Å²) >= 11 is 0. The number of aromatic nitrogens is 4. The first-order valence-corrected chi connectivity index (χ1v) is 7.98. The second-order valence-corrected chi connectivity index (χ2v) is 6.04. The molecule has 2 aromatic heterocycles. The number of ether oxygens (including phenoxy) is 1. The van der Waals surface area contributed by atoms with Crippen LogP contribution in [0.3, 0.4) is 0 Å². The molecule has 1 unspecified atom stereocenters. The van der Waals surface area contributed by atoms with E-state index >= 15 is 0 Å². The first-order chi connectivity index (χ1) is 12.1. The molecular formula is C18H17N5O2. The van der Waals surface area contributed by atoms with E-state index in [1.807, 2.05) is 26.0 Å². The summed E-state index contributed by atoms with van der Waals surface area (Å²) in [7, 11) is 0. The number of anilines is 1. The van der Waals surface area contributed by atoms with Gasteiger partial charge in [-0.25, -0.2) is 14.6 Å². The molecule has 1 N–H and O–H groups in total. The molecule has 0 radical (unpaired) electrons. The Labute approximate surface area is 144 Å². The van der Waals surface area contributed by atoms with Gasteiger partial charge in [0.25, 0.3) is 0 Å². The smallest absolute Gasteiger partial charge is 0.235 e. The van der Waals surface area contributed by atoms with Crippen LogP contribution in [-0.2, 0) is 4.79 Å². The van der Waals surface area contributed by atoms with E-state index in [1.54, 1.807) is 29.3 Å². The van der Waals surface area contributed by atoms with E-state index in [0.717, 1.165) is 22.4 Å². The normalized spacial score (nSPS) is 15.5. The standard InChI is InChI=1S/C18H17N5O2/c1-11-6-13-14(9-25-16(13)7-12(11)2)18(24)22-15-8-19-10-20-17(15)23-5-3-4-21-23/h3-8,10,14H,9H2,1-2H3,(H,22,24). The molecule has 7 heteroatoms. The third kappa shape index (κ3) is 2.73. The molecule has 126 valence electrons. The first kappa shape index (κ1) is 15.3. The zero-order valence-electron chi connectivity index (χ0n) is 13.9. The second-order valence-electron chi connectivity index (χ2n) is 6.04. The molecule has 3 heterocycles. The van der Waals surface area contributed by atoms with E-state index in [9.17, 15) is 4.79 Å². The van der Waals surface area contributed by atoms with Crippen molar-refractivity contribution < 1.29 is 9.53 Å². The number of carbonyl (C=O) groups is 1. The fourth-order valence-electron chi connectivity index (χ4n) is 2.90. The molecule has 7 nitrogen and oxygen atoms in total. The topological polar surface area (TPSA) is 81.9 Å². The van der Waals surface area contributed by atoms with Crippen molar-refractivity contribution in [2.45, 2.75) is 19.8 Å². The van der Waals surface area contributed by atoms with Gasteiger partial charge >= 0.3 is 0 Å². The van der Waals surface area contributed by atoms with Crippen molar-refractivity contribution in [1.29, 1.82) is 0 Å². The van der Waals surface area contributed by atoms with E-state index in [1.165, 1.54) is 6.33 Å². The molecule has 0 saturated carbocycles. The summed E-state index contributed by atoms with van der Waals surface area (Å²) in [6, 6.07) is 5.80. The fourth-order valence-corrected chi connectivity index (χ4v) is 2.90. The molecule has 4 rings (SSSR count). The number of hydrogen-bond donors (Lipinski definition) is 1. The summed E-state index contributed by atoms with van der Waals surface area (Å²) < 4.78 is 7.29. The SMILES string of the molecule is Cc1cc2c(cc1C)C(C(=O)Nc1cncnc1-n1cccn1)CO2. The van der Waals surface area contributed by atoms with Gasteiger partial charge in [-0.1, -0.05) is 6.07 Å². The van der Waals surface area contributed by atoms with Gasteiger partial charge < -0.3 is 10.1 Å². The van der Waals surface area contributed by atoms with E-state index in [2.05, 4.69) is 20.4 Å². The van der Waals surface area contributed by atoms with Crippen LogP contribution in [0.1, 0.15) is 22.6 Å². The molecule has 0 aliphatic carbocycles. The van der Waals surface area contributed by atoms with Gasteiger partial charge in [0.2, 0.25) is 5.91 Å². The Morgan fingerprint density at radius 3 is 2.96 bits per heavy atom. The summed E-state index contributed by atoms with van der Waals surface area (Å²) in [6.45, 7) is 4.39. The fraction of sp³-hybridized carbons (Fsp3) is 0.222. The van der Waals surface area contributed by atoms with E-state index in [0.29, 0.717) is 18.1 Å². The highest BCUT2D eigenvalue weighted by Crippen LogP contribution is 2.36.